The number of ether oxygens (including phenoxy) is 3. The van der Waals surface area contributed by atoms with Crippen LogP contribution in [0, 0.1) is 0 Å². The Kier molecular flexibility index (Phi) is 62.9. The molecule has 0 N–H and O–H groups in total. The van der Waals surface area contributed by atoms with Crippen LogP contribution in [-0.4, -0.2) is 37.2 Å². The summed E-state index contributed by atoms with van der Waals surface area (Å²) < 4.78 is 16.9. The van der Waals surface area contributed by atoms with E-state index in [9.17, 15) is 14.4 Å². The predicted octanol–water partition coefficient (Wildman–Crippen LogP) is 22.7. The number of unbranched alkanes of at least 4 members (excludes halogenated alkanes) is 18. The zero-order valence-electron chi connectivity index (χ0n) is 52.0. The van der Waals surface area contributed by atoms with Crippen molar-refractivity contribution in [1.82, 2.24) is 0 Å². The van der Waals surface area contributed by atoms with E-state index < -0.39 is 6.10 Å². The molecule has 0 amide bonds. The van der Waals surface area contributed by atoms with Crippen LogP contribution < -0.4 is 0 Å². The average molecular weight is 1120 g/mol. The second-order valence-electron chi connectivity index (χ2n) is 20.9. The molecule has 0 bridgehead atoms. The first-order chi connectivity index (χ1) is 40.0. The van der Waals surface area contributed by atoms with Crippen molar-refractivity contribution >= 4 is 17.9 Å². The third-order valence-electron chi connectivity index (χ3n) is 13.2. The molecular weight excluding hydrogens is 997 g/mol. The van der Waals surface area contributed by atoms with Gasteiger partial charge in [0, 0.05) is 19.3 Å². The van der Waals surface area contributed by atoms with Crippen LogP contribution >= 0.6 is 0 Å². The van der Waals surface area contributed by atoms with Crippen LogP contribution in [0.1, 0.15) is 265 Å². The van der Waals surface area contributed by atoms with Gasteiger partial charge in [-0.2, -0.15) is 0 Å². The monoisotopic (exact) mass is 1110 g/mol. The molecule has 6 heteroatoms. The quantitative estimate of drug-likeness (QED) is 0.0261. The molecule has 0 heterocycles. The van der Waals surface area contributed by atoms with E-state index in [1.807, 2.05) is 0 Å². The van der Waals surface area contributed by atoms with Crippen LogP contribution in [0.25, 0.3) is 0 Å². The molecule has 1 unspecified atom stereocenters. The number of carbonyl (C=O) groups is 3. The first kappa shape index (κ1) is 75.8. The fraction of sp³-hybridized carbons (Fsp3) is 0.587. The Morgan fingerprint density at radius 1 is 0.247 bits per heavy atom. The Hall–Kier alpha value is -5.23. The van der Waals surface area contributed by atoms with Gasteiger partial charge in [0.25, 0.3) is 0 Å². The van der Waals surface area contributed by atoms with Crippen molar-refractivity contribution in [2.75, 3.05) is 13.2 Å². The maximum atomic E-state index is 12.9. The molecule has 0 saturated carbocycles. The average Bonchev–Trinajstić information content (AvgIpc) is 3.47. The highest BCUT2D eigenvalue weighted by molar-refractivity contribution is 5.71. The van der Waals surface area contributed by atoms with Crippen molar-refractivity contribution in [3.05, 3.63) is 170 Å². The molecule has 0 fully saturated rings. The van der Waals surface area contributed by atoms with Crippen LogP contribution in [0.4, 0.5) is 0 Å². The van der Waals surface area contributed by atoms with Gasteiger partial charge in [0.15, 0.2) is 6.10 Å². The lowest BCUT2D eigenvalue weighted by atomic mass is 10.1. The maximum Gasteiger partial charge on any atom is 0.306 e. The Labute approximate surface area is 498 Å². The molecule has 6 nitrogen and oxygen atoms in total. The molecular formula is C75H118O6. The topological polar surface area (TPSA) is 78.9 Å². The summed E-state index contributed by atoms with van der Waals surface area (Å²) >= 11 is 0. The third kappa shape index (κ3) is 65.5. The smallest absolute Gasteiger partial charge is 0.306 e. The van der Waals surface area contributed by atoms with E-state index in [1.54, 1.807) is 0 Å². The molecule has 0 aromatic carbocycles. The molecule has 0 radical (unpaired) electrons. The van der Waals surface area contributed by atoms with Crippen LogP contribution in [0.3, 0.4) is 0 Å². The van der Waals surface area contributed by atoms with Gasteiger partial charge in [0.2, 0.25) is 0 Å². The van der Waals surface area contributed by atoms with Crippen molar-refractivity contribution in [2.45, 2.75) is 271 Å². The summed E-state index contributed by atoms with van der Waals surface area (Å²) in [5, 5.41) is 0. The Bertz CT molecular complexity index is 1860. The lowest BCUT2D eigenvalue weighted by Gasteiger charge is -2.18. The minimum absolute atomic E-state index is 0.107. The van der Waals surface area contributed by atoms with Crippen molar-refractivity contribution in [3.8, 4) is 0 Å². The molecule has 0 aromatic rings. The van der Waals surface area contributed by atoms with Crippen molar-refractivity contribution in [2.24, 2.45) is 0 Å². The molecule has 81 heavy (non-hydrogen) atoms. The molecule has 454 valence electrons. The minimum atomic E-state index is -0.815. The number of esters is 3. The lowest BCUT2D eigenvalue weighted by Crippen LogP contribution is -2.30. The van der Waals surface area contributed by atoms with Crippen LogP contribution in [0.5, 0.6) is 0 Å². The van der Waals surface area contributed by atoms with Gasteiger partial charge in [0.05, 0.1) is 0 Å². The van der Waals surface area contributed by atoms with Crippen LogP contribution in [0.2, 0.25) is 0 Å². The summed E-state index contributed by atoms with van der Waals surface area (Å²) in [4.78, 5) is 38.4. The van der Waals surface area contributed by atoms with Gasteiger partial charge in [0.1, 0.15) is 13.2 Å². The summed E-state index contributed by atoms with van der Waals surface area (Å²) in [6.45, 7) is 6.25. The summed E-state index contributed by atoms with van der Waals surface area (Å²) in [6.07, 6.45) is 99.3. The summed E-state index contributed by atoms with van der Waals surface area (Å²) in [7, 11) is 0. The van der Waals surface area contributed by atoms with E-state index in [2.05, 4.69) is 191 Å². The molecule has 0 aliphatic heterocycles. The van der Waals surface area contributed by atoms with Gasteiger partial charge < -0.3 is 14.2 Å². The highest BCUT2D eigenvalue weighted by Gasteiger charge is 2.19. The SMILES string of the molecule is CC/C=C\C/C=C\C/C=C\C/C=C\C/C=C\C/C=C\CCCCCCCCCCCCC(=O)OCC(COC(=O)CCCCCCC/C=C\C/C=C\C/C=C\CC)OC(=O)CCCCC/C=C\C/C=C\C/C=C\C/C=C\C/C=C\CC. The molecule has 0 aromatic heterocycles. The van der Waals surface area contributed by atoms with Gasteiger partial charge in [-0.05, 0) is 148 Å². The van der Waals surface area contributed by atoms with E-state index in [1.165, 1.54) is 44.9 Å². The van der Waals surface area contributed by atoms with Crippen LogP contribution in [0.15, 0.2) is 170 Å². The Morgan fingerprint density at radius 2 is 0.444 bits per heavy atom. The number of rotatable bonds is 57. The Morgan fingerprint density at radius 3 is 0.704 bits per heavy atom. The summed E-state index contributed by atoms with van der Waals surface area (Å²) in [5.41, 5.74) is 0. The molecule has 0 aliphatic rings. The highest BCUT2D eigenvalue weighted by atomic mass is 16.6. The van der Waals surface area contributed by atoms with Crippen molar-refractivity contribution in [1.29, 1.82) is 0 Å². The van der Waals surface area contributed by atoms with Crippen molar-refractivity contribution < 1.29 is 28.6 Å². The van der Waals surface area contributed by atoms with Gasteiger partial charge in [-0.3, -0.25) is 14.4 Å². The highest BCUT2D eigenvalue weighted by Crippen LogP contribution is 2.15. The normalized spacial score (nSPS) is 13.3. The predicted molar refractivity (Wildman–Crippen MR) is 352 cm³/mol. The fourth-order valence-electron chi connectivity index (χ4n) is 8.43. The first-order valence-electron chi connectivity index (χ1n) is 32.6. The molecule has 1 atom stereocenters. The summed E-state index contributed by atoms with van der Waals surface area (Å²) in [6, 6.07) is 0. The molecule has 0 saturated heterocycles. The number of hydrogen-bond donors (Lipinski definition) is 0. The van der Waals surface area contributed by atoms with Gasteiger partial charge >= 0.3 is 17.9 Å². The Balaban J connectivity index is 4.42. The summed E-state index contributed by atoms with van der Waals surface area (Å²) in [5.74, 6) is -0.964. The van der Waals surface area contributed by atoms with E-state index >= 15 is 0 Å². The fourth-order valence-corrected chi connectivity index (χ4v) is 8.43. The van der Waals surface area contributed by atoms with Crippen LogP contribution in [-0.2, 0) is 28.6 Å². The zero-order valence-corrected chi connectivity index (χ0v) is 52.0. The minimum Gasteiger partial charge on any atom is -0.462 e. The second-order valence-corrected chi connectivity index (χ2v) is 20.9. The lowest BCUT2D eigenvalue weighted by molar-refractivity contribution is -0.167. The molecule has 0 aliphatic carbocycles. The molecule has 0 rings (SSSR count). The van der Waals surface area contributed by atoms with Gasteiger partial charge in [-0.15, -0.1) is 0 Å². The third-order valence-corrected chi connectivity index (χ3v) is 13.2. The van der Waals surface area contributed by atoms with E-state index in [-0.39, 0.29) is 37.5 Å². The molecule has 0 spiro atoms. The largest absolute Gasteiger partial charge is 0.462 e. The second kappa shape index (κ2) is 67.3. The number of allylic oxidation sites excluding steroid dienone is 28. The van der Waals surface area contributed by atoms with Gasteiger partial charge in [-0.1, -0.05) is 268 Å². The maximum absolute atomic E-state index is 12.9. The first-order valence-corrected chi connectivity index (χ1v) is 32.6. The number of hydrogen-bond acceptors (Lipinski definition) is 6. The van der Waals surface area contributed by atoms with E-state index in [0.29, 0.717) is 19.3 Å². The van der Waals surface area contributed by atoms with E-state index in [4.69, 9.17) is 14.2 Å². The number of carbonyl (C=O) groups excluding carboxylic acids is 3. The van der Waals surface area contributed by atoms with Crippen molar-refractivity contribution in [3.63, 3.8) is 0 Å². The van der Waals surface area contributed by atoms with E-state index in [0.717, 1.165) is 173 Å². The van der Waals surface area contributed by atoms with Gasteiger partial charge in [-0.25, -0.2) is 0 Å². The zero-order chi connectivity index (χ0) is 58.5. The standard InChI is InChI=1S/C75H118O6/c1-4-7-10-13-16-19-22-25-28-30-32-33-34-35-36-37-38-39-40-41-43-44-47-50-53-56-59-62-65-68-74(77)80-71-72(70-79-73(76)67-64-61-58-55-52-49-46-27-24-21-18-15-12-9-6-3)81-75(78)69-66-63-60-57-54-51-48-45-42-31-29-26-23-20-17-14-11-8-5-2/h7-12,16-21,25-29,32-33,35-36,38-39,42,45-46,51,54,72H,4-6,13-15,22-24,30-31,34,37,40-41,43-44,47-50,52-53,55-71H2,1-3H3/b10-7-,11-8-,12-9-,19-16-,20-17-,21-18-,28-25-,29-26-,33-32-,36-35-,39-38-,45-42-,46-27-,54-51-.